The van der Waals surface area contributed by atoms with Crippen LogP contribution >= 0.6 is 0 Å². The van der Waals surface area contributed by atoms with Crippen molar-refractivity contribution in [3.63, 3.8) is 0 Å². The van der Waals surface area contributed by atoms with E-state index in [1.807, 2.05) is 37.3 Å². The predicted molar refractivity (Wildman–Crippen MR) is 124 cm³/mol. The lowest BCUT2D eigenvalue weighted by Gasteiger charge is -2.17. The second-order valence-corrected chi connectivity index (χ2v) is 8.44. The molecule has 1 aromatic heterocycles. The monoisotopic (exact) mass is 434 g/mol. The Labute approximate surface area is 188 Å². The van der Waals surface area contributed by atoms with Crippen molar-refractivity contribution >= 4 is 22.8 Å². The molecule has 1 aliphatic carbocycles. The van der Waals surface area contributed by atoms with Crippen LogP contribution in [0.25, 0.3) is 10.9 Å². The Morgan fingerprint density at radius 1 is 1.09 bits per heavy atom. The number of rotatable bonds is 8. The van der Waals surface area contributed by atoms with Gasteiger partial charge in [-0.3, -0.25) is 4.79 Å². The Bertz CT molecular complexity index is 1140. The smallest absolute Gasteiger partial charge is 0.341 e. The molecular formula is C26H30N2O4. The fraction of sp³-hybridized carbons (Fsp3) is 0.385. The van der Waals surface area contributed by atoms with Crippen LogP contribution in [-0.4, -0.2) is 42.1 Å². The van der Waals surface area contributed by atoms with Gasteiger partial charge < -0.3 is 18.9 Å². The van der Waals surface area contributed by atoms with Crippen molar-refractivity contribution < 1.29 is 19.1 Å². The summed E-state index contributed by atoms with van der Waals surface area (Å²) in [7, 11) is 3.33. The second-order valence-electron chi connectivity index (χ2n) is 8.44. The zero-order chi connectivity index (χ0) is 22.8. The number of esters is 1. The summed E-state index contributed by atoms with van der Waals surface area (Å²) in [6, 6.07) is 14.4. The number of aromatic nitrogens is 1. The number of benzene rings is 2. The first-order valence-corrected chi connectivity index (χ1v) is 11.1. The SMILES string of the molecule is CCc1ccc(CN(C)C(=O)COC(=O)c2c(C)n(C3CC3)c3ccc(OC)cc23)cc1. The molecule has 4 rings (SSSR count). The van der Waals surface area contributed by atoms with Crippen LogP contribution in [0.3, 0.4) is 0 Å². The van der Waals surface area contributed by atoms with Crippen molar-refractivity contribution in [2.75, 3.05) is 20.8 Å². The van der Waals surface area contributed by atoms with Gasteiger partial charge in [-0.1, -0.05) is 31.2 Å². The quantitative estimate of drug-likeness (QED) is 0.484. The van der Waals surface area contributed by atoms with E-state index in [2.05, 4.69) is 23.6 Å². The number of carbonyl (C=O) groups excluding carboxylic acids is 2. The molecular weight excluding hydrogens is 404 g/mol. The predicted octanol–water partition coefficient (Wildman–Crippen LogP) is 4.67. The average Bonchev–Trinajstić information content (AvgIpc) is 3.59. The lowest BCUT2D eigenvalue weighted by atomic mass is 10.1. The molecule has 1 heterocycles. The van der Waals surface area contributed by atoms with E-state index in [0.717, 1.165) is 41.4 Å². The highest BCUT2D eigenvalue weighted by molar-refractivity contribution is 6.07. The molecule has 0 unspecified atom stereocenters. The number of carbonyl (C=O) groups is 2. The van der Waals surface area contributed by atoms with E-state index in [1.54, 1.807) is 19.1 Å². The van der Waals surface area contributed by atoms with Crippen molar-refractivity contribution in [3.8, 4) is 5.75 Å². The number of aryl methyl sites for hydroxylation is 1. The average molecular weight is 435 g/mol. The van der Waals surface area contributed by atoms with Gasteiger partial charge in [0, 0.05) is 36.2 Å². The van der Waals surface area contributed by atoms with Crippen molar-refractivity contribution in [1.29, 1.82) is 0 Å². The van der Waals surface area contributed by atoms with Crippen molar-refractivity contribution in [1.82, 2.24) is 9.47 Å². The van der Waals surface area contributed by atoms with Crippen LogP contribution in [-0.2, 0) is 22.5 Å². The number of amides is 1. The van der Waals surface area contributed by atoms with Crippen LogP contribution in [0.5, 0.6) is 5.75 Å². The molecule has 1 fully saturated rings. The molecule has 6 nitrogen and oxygen atoms in total. The number of hydrogen-bond acceptors (Lipinski definition) is 4. The first-order valence-electron chi connectivity index (χ1n) is 11.1. The molecule has 1 amide bonds. The van der Waals surface area contributed by atoms with E-state index < -0.39 is 5.97 Å². The Morgan fingerprint density at radius 2 is 1.78 bits per heavy atom. The molecule has 32 heavy (non-hydrogen) atoms. The minimum atomic E-state index is -0.478. The number of likely N-dealkylation sites (N-methyl/N-ethyl adjacent to an activating group) is 1. The number of nitrogens with zero attached hydrogens (tertiary/aromatic N) is 2. The summed E-state index contributed by atoms with van der Waals surface area (Å²) in [5, 5.41) is 0.801. The molecule has 0 aliphatic heterocycles. The molecule has 3 aromatic rings. The van der Waals surface area contributed by atoms with Crippen molar-refractivity contribution in [3.05, 3.63) is 64.8 Å². The van der Waals surface area contributed by atoms with Crippen LogP contribution in [0.15, 0.2) is 42.5 Å². The maximum atomic E-state index is 13.0. The van der Waals surface area contributed by atoms with Gasteiger partial charge in [0.25, 0.3) is 5.91 Å². The molecule has 0 bridgehead atoms. The van der Waals surface area contributed by atoms with Gasteiger partial charge in [0.2, 0.25) is 0 Å². The van der Waals surface area contributed by atoms with Crippen LogP contribution < -0.4 is 4.74 Å². The maximum absolute atomic E-state index is 13.0. The van der Waals surface area contributed by atoms with Crippen LogP contribution in [0.2, 0.25) is 0 Å². The Balaban J connectivity index is 1.47. The first kappa shape index (κ1) is 21.9. The third-order valence-electron chi connectivity index (χ3n) is 6.18. The highest BCUT2D eigenvalue weighted by Gasteiger charge is 2.31. The number of methoxy groups -OCH3 is 1. The zero-order valence-corrected chi connectivity index (χ0v) is 19.2. The highest BCUT2D eigenvalue weighted by atomic mass is 16.5. The Hall–Kier alpha value is -3.28. The second kappa shape index (κ2) is 9.07. The van der Waals surface area contributed by atoms with E-state index in [0.29, 0.717) is 23.9 Å². The summed E-state index contributed by atoms with van der Waals surface area (Å²) in [5.41, 5.74) is 4.68. The van der Waals surface area contributed by atoms with Gasteiger partial charge in [-0.05, 0) is 55.5 Å². The molecule has 0 spiro atoms. The summed E-state index contributed by atoms with van der Waals surface area (Å²) < 4.78 is 13.0. The van der Waals surface area contributed by atoms with Gasteiger partial charge >= 0.3 is 5.97 Å². The van der Waals surface area contributed by atoms with Crippen molar-refractivity contribution in [2.24, 2.45) is 0 Å². The number of fused-ring (bicyclic) bond motifs is 1. The van der Waals surface area contributed by atoms with Gasteiger partial charge in [-0.25, -0.2) is 4.79 Å². The largest absolute Gasteiger partial charge is 0.497 e. The third-order valence-corrected chi connectivity index (χ3v) is 6.18. The molecule has 0 atom stereocenters. The molecule has 1 saturated carbocycles. The topological polar surface area (TPSA) is 60.8 Å². The van der Waals surface area contributed by atoms with Gasteiger partial charge in [-0.2, -0.15) is 0 Å². The summed E-state index contributed by atoms with van der Waals surface area (Å²) >= 11 is 0. The molecule has 0 saturated heterocycles. The fourth-order valence-corrected chi connectivity index (χ4v) is 4.16. The molecule has 2 aromatic carbocycles. The Kier molecular flexibility index (Phi) is 6.21. The number of hydrogen-bond donors (Lipinski definition) is 0. The molecule has 0 N–H and O–H groups in total. The normalized spacial score (nSPS) is 13.2. The minimum absolute atomic E-state index is 0.237. The number of ether oxygens (including phenoxy) is 2. The molecule has 6 heteroatoms. The van der Waals surface area contributed by atoms with Crippen LogP contribution in [0.4, 0.5) is 0 Å². The fourth-order valence-electron chi connectivity index (χ4n) is 4.16. The zero-order valence-electron chi connectivity index (χ0n) is 19.2. The summed E-state index contributed by atoms with van der Waals surface area (Å²) in [5.74, 6) is -0.0299. The van der Waals surface area contributed by atoms with E-state index in [1.165, 1.54) is 5.56 Å². The standard InChI is InChI=1S/C26H30N2O4/c1-5-18-6-8-19(9-7-18)15-27(3)24(29)16-32-26(30)25-17(2)28(20-10-11-20)23-13-12-21(31-4)14-22(23)25/h6-9,12-14,20H,5,10-11,15-16H2,1-4H3. The van der Waals surface area contributed by atoms with E-state index in [-0.39, 0.29) is 12.5 Å². The van der Waals surface area contributed by atoms with E-state index in [9.17, 15) is 9.59 Å². The van der Waals surface area contributed by atoms with E-state index >= 15 is 0 Å². The van der Waals surface area contributed by atoms with Gasteiger partial charge in [-0.15, -0.1) is 0 Å². The summed E-state index contributed by atoms with van der Waals surface area (Å²) in [6.07, 6.45) is 3.19. The maximum Gasteiger partial charge on any atom is 0.341 e. The lowest BCUT2D eigenvalue weighted by molar-refractivity contribution is -0.133. The Morgan fingerprint density at radius 3 is 2.41 bits per heavy atom. The first-order chi connectivity index (χ1) is 15.4. The highest BCUT2D eigenvalue weighted by Crippen LogP contribution is 2.42. The molecule has 168 valence electrons. The van der Waals surface area contributed by atoms with Gasteiger partial charge in [0.05, 0.1) is 12.7 Å². The lowest BCUT2D eigenvalue weighted by Crippen LogP contribution is -2.30. The van der Waals surface area contributed by atoms with Crippen LogP contribution in [0, 0.1) is 6.92 Å². The van der Waals surface area contributed by atoms with Crippen LogP contribution in [0.1, 0.15) is 53.0 Å². The van der Waals surface area contributed by atoms with Gasteiger partial charge in [0.15, 0.2) is 6.61 Å². The summed E-state index contributed by atoms with van der Waals surface area (Å²) in [6.45, 7) is 4.23. The molecule has 1 aliphatic rings. The summed E-state index contributed by atoms with van der Waals surface area (Å²) in [4.78, 5) is 27.2. The third kappa shape index (κ3) is 4.35. The molecule has 0 radical (unpaired) electrons. The van der Waals surface area contributed by atoms with E-state index in [4.69, 9.17) is 9.47 Å². The van der Waals surface area contributed by atoms with Gasteiger partial charge in [0.1, 0.15) is 5.75 Å². The minimum Gasteiger partial charge on any atom is -0.497 e. The van der Waals surface area contributed by atoms with Crippen molar-refractivity contribution in [2.45, 2.75) is 45.7 Å².